The Morgan fingerprint density at radius 3 is 2.85 bits per heavy atom. The van der Waals surface area contributed by atoms with Crippen molar-refractivity contribution >= 4 is 15.9 Å². The molecular formula is C16H20BrN3. The maximum absolute atomic E-state index is 4.76. The predicted molar refractivity (Wildman–Crippen MR) is 85.8 cm³/mol. The van der Waals surface area contributed by atoms with Crippen LogP contribution in [0.15, 0.2) is 22.7 Å². The highest BCUT2D eigenvalue weighted by Crippen LogP contribution is 2.37. The normalized spacial score (nSPS) is 18.7. The zero-order valence-electron chi connectivity index (χ0n) is 12.2. The van der Waals surface area contributed by atoms with E-state index >= 15 is 0 Å². The highest BCUT2D eigenvalue weighted by molar-refractivity contribution is 9.10. The van der Waals surface area contributed by atoms with E-state index in [-0.39, 0.29) is 0 Å². The van der Waals surface area contributed by atoms with Crippen LogP contribution in [-0.2, 0) is 7.05 Å². The van der Waals surface area contributed by atoms with Gasteiger partial charge in [0.1, 0.15) is 5.69 Å². The first-order valence-corrected chi connectivity index (χ1v) is 7.90. The zero-order valence-corrected chi connectivity index (χ0v) is 13.8. The summed E-state index contributed by atoms with van der Waals surface area (Å²) < 4.78 is 3.15. The van der Waals surface area contributed by atoms with Gasteiger partial charge in [0.05, 0.1) is 16.2 Å². The fourth-order valence-corrected chi connectivity index (χ4v) is 3.80. The molecule has 1 aliphatic rings. The largest absolute Gasteiger partial charge is 0.309 e. The maximum Gasteiger partial charge on any atom is 0.107 e. The van der Waals surface area contributed by atoms with E-state index < -0.39 is 0 Å². The van der Waals surface area contributed by atoms with Crippen molar-refractivity contribution in [2.45, 2.75) is 32.7 Å². The number of rotatable bonds is 2. The third-order valence-corrected chi connectivity index (χ3v) is 4.85. The van der Waals surface area contributed by atoms with Gasteiger partial charge >= 0.3 is 0 Å². The Morgan fingerprint density at radius 2 is 2.15 bits per heavy atom. The van der Waals surface area contributed by atoms with Crippen molar-refractivity contribution in [1.82, 2.24) is 15.1 Å². The van der Waals surface area contributed by atoms with E-state index in [9.17, 15) is 0 Å². The fourth-order valence-electron chi connectivity index (χ4n) is 2.97. The Balaban J connectivity index is 2.11. The second-order valence-electron chi connectivity index (χ2n) is 5.64. The van der Waals surface area contributed by atoms with Gasteiger partial charge in [0, 0.05) is 12.6 Å². The highest BCUT2D eigenvalue weighted by Gasteiger charge is 2.25. The molecule has 1 aromatic heterocycles. The van der Waals surface area contributed by atoms with Crippen LogP contribution in [-0.4, -0.2) is 16.3 Å². The molecule has 0 saturated carbocycles. The summed E-state index contributed by atoms with van der Waals surface area (Å²) in [6, 6.07) is 6.95. The minimum absolute atomic E-state index is 0.417. The molecule has 1 aromatic carbocycles. The second-order valence-corrected chi connectivity index (χ2v) is 6.43. The topological polar surface area (TPSA) is 29.9 Å². The Morgan fingerprint density at radius 1 is 1.35 bits per heavy atom. The number of benzene rings is 1. The number of halogens is 1. The Bertz CT molecular complexity index is 639. The quantitative estimate of drug-likeness (QED) is 0.903. The van der Waals surface area contributed by atoms with Gasteiger partial charge in [-0.2, -0.15) is 5.10 Å². The van der Waals surface area contributed by atoms with Gasteiger partial charge in [0.2, 0.25) is 0 Å². The minimum atomic E-state index is 0.417. The molecule has 4 heteroatoms. The molecule has 2 heterocycles. The lowest BCUT2D eigenvalue weighted by molar-refractivity contribution is 0.572. The number of nitrogens with one attached hydrogen (secondary N) is 1. The molecule has 3 nitrogen and oxygen atoms in total. The molecule has 0 amide bonds. The molecule has 1 aliphatic heterocycles. The van der Waals surface area contributed by atoms with Crippen LogP contribution < -0.4 is 5.32 Å². The third-order valence-electron chi connectivity index (χ3n) is 4.07. The van der Waals surface area contributed by atoms with Gasteiger partial charge in [0.25, 0.3) is 0 Å². The molecule has 1 atom stereocenters. The summed E-state index contributed by atoms with van der Waals surface area (Å²) >= 11 is 3.78. The molecule has 3 rings (SSSR count). The lowest BCUT2D eigenvalue weighted by atomic mass is 10.0. The highest BCUT2D eigenvalue weighted by atomic mass is 79.9. The summed E-state index contributed by atoms with van der Waals surface area (Å²) in [4.78, 5) is 0. The predicted octanol–water partition coefficient (Wildman–Crippen LogP) is 3.89. The molecule has 0 aliphatic carbocycles. The second kappa shape index (κ2) is 5.34. The van der Waals surface area contributed by atoms with Crippen LogP contribution in [0.5, 0.6) is 0 Å². The standard InChI is InChI=1S/C16H20BrN3/c1-10-6-7-11(2)12(9-10)15-14(17)16(20(3)19-15)13-5-4-8-18-13/h6-7,9,13,18H,4-5,8H2,1-3H3. The fraction of sp³-hybridized carbons (Fsp3) is 0.438. The van der Waals surface area contributed by atoms with Crippen molar-refractivity contribution in [2.75, 3.05) is 6.54 Å². The smallest absolute Gasteiger partial charge is 0.107 e. The van der Waals surface area contributed by atoms with Gasteiger partial charge in [0.15, 0.2) is 0 Å². The van der Waals surface area contributed by atoms with Crippen LogP contribution in [0.2, 0.25) is 0 Å². The van der Waals surface area contributed by atoms with Crippen molar-refractivity contribution in [3.05, 3.63) is 39.5 Å². The molecule has 2 aromatic rings. The van der Waals surface area contributed by atoms with Gasteiger partial charge in [-0.25, -0.2) is 0 Å². The monoisotopic (exact) mass is 333 g/mol. The number of nitrogens with zero attached hydrogens (tertiary/aromatic N) is 2. The molecule has 1 N–H and O–H groups in total. The Labute approximate surface area is 128 Å². The van der Waals surface area contributed by atoms with E-state index in [0.29, 0.717) is 6.04 Å². The van der Waals surface area contributed by atoms with E-state index in [1.165, 1.54) is 35.2 Å². The van der Waals surface area contributed by atoms with Gasteiger partial charge in [-0.3, -0.25) is 4.68 Å². The van der Waals surface area contributed by atoms with E-state index in [4.69, 9.17) is 5.10 Å². The lowest BCUT2D eigenvalue weighted by Crippen LogP contribution is -2.16. The van der Waals surface area contributed by atoms with Crippen molar-refractivity contribution in [1.29, 1.82) is 0 Å². The van der Waals surface area contributed by atoms with Crippen molar-refractivity contribution in [3.63, 3.8) is 0 Å². The number of aryl methyl sites for hydroxylation is 3. The van der Waals surface area contributed by atoms with Crippen LogP contribution >= 0.6 is 15.9 Å². The summed E-state index contributed by atoms with van der Waals surface area (Å²) in [5.74, 6) is 0. The molecule has 106 valence electrons. The molecule has 20 heavy (non-hydrogen) atoms. The zero-order chi connectivity index (χ0) is 14.3. The molecule has 0 spiro atoms. The van der Waals surface area contributed by atoms with Crippen LogP contribution in [0.4, 0.5) is 0 Å². The maximum atomic E-state index is 4.76. The first-order chi connectivity index (χ1) is 9.58. The van der Waals surface area contributed by atoms with Crippen molar-refractivity contribution < 1.29 is 0 Å². The van der Waals surface area contributed by atoms with E-state index in [1.54, 1.807) is 0 Å². The molecule has 0 bridgehead atoms. The van der Waals surface area contributed by atoms with Crippen LogP contribution in [0.3, 0.4) is 0 Å². The first kappa shape index (κ1) is 13.8. The summed E-state index contributed by atoms with van der Waals surface area (Å²) in [7, 11) is 2.04. The van der Waals surface area contributed by atoms with Crippen LogP contribution in [0, 0.1) is 13.8 Å². The van der Waals surface area contributed by atoms with Crippen LogP contribution in [0.25, 0.3) is 11.3 Å². The van der Waals surface area contributed by atoms with E-state index in [0.717, 1.165) is 16.7 Å². The first-order valence-electron chi connectivity index (χ1n) is 7.11. The SMILES string of the molecule is Cc1ccc(C)c(-c2nn(C)c(C3CCCN3)c2Br)c1. The van der Waals surface area contributed by atoms with Crippen molar-refractivity contribution in [2.24, 2.45) is 7.05 Å². The number of aromatic nitrogens is 2. The molecular weight excluding hydrogens is 314 g/mol. The van der Waals surface area contributed by atoms with Crippen molar-refractivity contribution in [3.8, 4) is 11.3 Å². The minimum Gasteiger partial charge on any atom is -0.309 e. The van der Waals surface area contributed by atoms with E-state index in [1.807, 2.05) is 11.7 Å². The molecule has 1 unspecified atom stereocenters. The average Bonchev–Trinajstić information content (AvgIpc) is 3.01. The van der Waals surface area contributed by atoms with Gasteiger partial charge in [-0.15, -0.1) is 0 Å². The average molecular weight is 334 g/mol. The summed E-state index contributed by atoms with van der Waals surface area (Å²) in [5, 5.41) is 8.31. The molecule has 1 saturated heterocycles. The number of hydrogen-bond acceptors (Lipinski definition) is 2. The Hall–Kier alpha value is -1.13. The summed E-state index contributed by atoms with van der Waals surface area (Å²) in [5.41, 5.74) is 6.07. The van der Waals surface area contributed by atoms with E-state index in [2.05, 4.69) is 53.3 Å². The van der Waals surface area contributed by atoms with Gasteiger partial charge in [-0.05, 0) is 60.8 Å². The lowest BCUT2D eigenvalue weighted by Gasteiger charge is -2.11. The van der Waals surface area contributed by atoms with Crippen LogP contribution in [0.1, 0.15) is 35.7 Å². The molecule has 0 radical (unpaired) electrons. The number of hydrogen-bond donors (Lipinski definition) is 1. The summed E-state index contributed by atoms with van der Waals surface area (Å²) in [6.07, 6.45) is 2.42. The van der Waals surface area contributed by atoms with Gasteiger partial charge < -0.3 is 5.32 Å². The third kappa shape index (κ3) is 2.31. The molecule has 1 fully saturated rings. The summed E-state index contributed by atoms with van der Waals surface area (Å²) in [6.45, 7) is 5.36. The van der Waals surface area contributed by atoms with Gasteiger partial charge in [-0.1, -0.05) is 17.7 Å². The Kier molecular flexibility index (Phi) is 3.69.